The summed E-state index contributed by atoms with van der Waals surface area (Å²) in [7, 11) is 0. The summed E-state index contributed by atoms with van der Waals surface area (Å²) in [5.41, 5.74) is 0. The zero-order valence-electron chi connectivity index (χ0n) is 8.82. The largest absolute Gasteiger partial charge is 0.481 e. The van der Waals surface area contributed by atoms with Crippen LogP contribution in [0, 0.1) is 11.8 Å². The Bertz CT molecular complexity index is 339. The van der Waals surface area contributed by atoms with Gasteiger partial charge in [0.05, 0.1) is 0 Å². The second-order valence-corrected chi connectivity index (χ2v) is 3.03. The van der Waals surface area contributed by atoms with Crippen LogP contribution in [0.3, 0.4) is 0 Å². The summed E-state index contributed by atoms with van der Waals surface area (Å²) in [4.78, 5) is 31.9. The second kappa shape index (κ2) is 7.29. The molecular weight excluding hydrogens is 214 g/mol. The predicted octanol–water partition coefficient (Wildman–Crippen LogP) is -0.166. The first-order chi connectivity index (χ1) is 7.47. The molecule has 0 aromatic rings. The molecule has 0 radical (unpaired) electrons. The van der Waals surface area contributed by atoms with Gasteiger partial charge in [-0.05, 0) is 25.7 Å². The molecule has 0 fully saturated rings. The van der Waals surface area contributed by atoms with Crippen molar-refractivity contribution in [1.82, 2.24) is 5.32 Å². The van der Waals surface area contributed by atoms with Gasteiger partial charge in [-0.25, -0.2) is 4.79 Å². The van der Waals surface area contributed by atoms with E-state index in [-0.39, 0.29) is 19.3 Å². The summed E-state index contributed by atoms with van der Waals surface area (Å²) in [5, 5.41) is 19.3. The van der Waals surface area contributed by atoms with Crippen molar-refractivity contribution in [3.63, 3.8) is 0 Å². The standard InChI is InChI=1S/C10H13NO5/c1-2-4-8(12)11-7(10(15)16)5-3-6-9(13)14/h7H,3,5-6H2,1H3,(H,11,12)(H,13,14)(H,15,16)/t7-/m1/s1. The second-order valence-electron chi connectivity index (χ2n) is 3.03. The van der Waals surface area contributed by atoms with Crippen molar-refractivity contribution in [2.75, 3.05) is 0 Å². The van der Waals surface area contributed by atoms with Crippen molar-refractivity contribution < 1.29 is 24.6 Å². The molecule has 0 saturated carbocycles. The molecule has 88 valence electrons. The van der Waals surface area contributed by atoms with Crippen LogP contribution in [-0.2, 0) is 14.4 Å². The number of carboxylic acid groups (broad SMARTS) is 2. The highest BCUT2D eigenvalue weighted by atomic mass is 16.4. The smallest absolute Gasteiger partial charge is 0.326 e. The van der Waals surface area contributed by atoms with Gasteiger partial charge in [0.25, 0.3) is 5.91 Å². The highest BCUT2D eigenvalue weighted by Gasteiger charge is 2.18. The average molecular weight is 227 g/mol. The number of aliphatic carboxylic acids is 2. The van der Waals surface area contributed by atoms with E-state index >= 15 is 0 Å². The van der Waals surface area contributed by atoms with E-state index < -0.39 is 23.9 Å². The molecule has 0 aromatic carbocycles. The van der Waals surface area contributed by atoms with Gasteiger partial charge < -0.3 is 15.5 Å². The van der Waals surface area contributed by atoms with E-state index in [9.17, 15) is 14.4 Å². The maximum absolute atomic E-state index is 11.0. The van der Waals surface area contributed by atoms with Gasteiger partial charge >= 0.3 is 11.9 Å². The first-order valence-electron chi connectivity index (χ1n) is 4.65. The minimum atomic E-state index is -1.20. The third-order valence-corrected chi connectivity index (χ3v) is 1.73. The van der Waals surface area contributed by atoms with Crippen LogP contribution < -0.4 is 5.32 Å². The van der Waals surface area contributed by atoms with Crippen LogP contribution >= 0.6 is 0 Å². The van der Waals surface area contributed by atoms with Gasteiger partial charge in [-0.15, -0.1) is 0 Å². The van der Waals surface area contributed by atoms with E-state index in [1.807, 2.05) is 0 Å². The van der Waals surface area contributed by atoms with Gasteiger partial charge in [0.2, 0.25) is 0 Å². The Morgan fingerprint density at radius 3 is 2.38 bits per heavy atom. The Labute approximate surface area is 92.6 Å². The van der Waals surface area contributed by atoms with Crippen LogP contribution in [0.25, 0.3) is 0 Å². The van der Waals surface area contributed by atoms with Crippen molar-refractivity contribution in [3.8, 4) is 11.8 Å². The third kappa shape index (κ3) is 6.43. The highest BCUT2D eigenvalue weighted by molar-refractivity contribution is 5.95. The first kappa shape index (κ1) is 14.0. The van der Waals surface area contributed by atoms with Crippen LogP contribution in [0.15, 0.2) is 0 Å². The summed E-state index contributed by atoms with van der Waals surface area (Å²) < 4.78 is 0. The number of carbonyl (C=O) groups excluding carboxylic acids is 1. The molecule has 3 N–H and O–H groups in total. The average Bonchev–Trinajstić information content (AvgIpc) is 2.15. The summed E-state index contributed by atoms with van der Waals surface area (Å²) in [5.74, 6) is 1.62. The number of rotatable bonds is 6. The Balaban J connectivity index is 4.16. The number of nitrogens with one attached hydrogen (secondary N) is 1. The van der Waals surface area contributed by atoms with Crippen molar-refractivity contribution >= 4 is 17.8 Å². The molecule has 16 heavy (non-hydrogen) atoms. The molecule has 0 aliphatic carbocycles. The molecule has 6 heteroatoms. The minimum absolute atomic E-state index is 0.0682. The van der Waals surface area contributed by atoms with Gasteiger partial charge in [0.15, 0.2) is 0 Å². The quantitative estimate of drug-likeness (QED) is 0.547. The molecule has 0 aromatic heterocycles. The highest BCUT2D eigenvalue weighted by Crippen LogP contribution is 2.01. The van der Waals surface area contributed by atoms with Gasteiger partial charge in [-0.3, -0.25) is 9.59 Å². The molecule has 6 nitrogen and oxygen atoms in total. The maximum atomic E-state index is 11.0. The van der Waals surface area contributed by atoms with Crippen LogP contribution in [0.5, 0.6) is 0 Å². The fourth-order valence-electron chi connectivity index (χ4n) is 1.02. The monoisotopic (exact) mass is 227 g/mol. The Morgan fingerprint density at radius 1 is 1.31 bits per heavy atom. The zero-order chi connectivity index (χ0) is 12.6. The summed E-state index contributed by atoms with van der Waals surface area (Å²) in [6.07, 6.45) is 0.129. The molecule has 0 heterocycles. The Kier molecular flexibility index (Phi) is 6.36. The lowest BCUT2D eigenvalue weighted by molar-refractivity contribution is -0.142. The lowest BCUT2D eigenvalue weighted by atomic mass is 10.1. The molecule has 0 aliphatic rings. The van der Waals surface area contributed by atoms with E-state index in [4.69, 9.17) is 10.2 Å². The van der Waals surface area contributed by atoms with Crippen LogP contribution in [0.2, 0.25) is 0 Å². The van der Waals surface area contributed by atoms with E-state index in [2.05, 4.69) is 17.2 Å². The number of hydrogen-bond donors (Lipinski definition) is 3. The number of hydrogen-bond acceptors (Lipinski definition) is 3. The lowest BCUT2D eigenvalue weighted by Gasteiger charge is -2.11. The maximum Gasteiger partial charge on any atom is 0.326 e. The summed E-state index contributed by atoms with van der Waals surface area (Å²) in [6, 6.07) is -1.09. The van der Waals surface area contributed by atoms with Crippen molar-refractivity contribution in [2.24, 2.45) is 0 Å². The zero-order valence-corrected chi connectivity index (χ0v) is 8.82. The van der Waals surface area contributed by atoms with E-state index in [0.29, 0.717) is 0 Å². The van der Waals surface area contributed by atoms with Crippen LogP contribution in [0.1, 0.15) is 26.2 Å². The molecule has 0 saturated heterocycles. The number of carboxylic acids is 2. The van der Waals surface area contributed by atoms with Crippen molar-refractivity contribution in [1.29, 1.82) is 0 Å². The summed E-state index contributed by atoms with van der Waals surface area (Å²) >= 11 is 0. The lowest BCUT2D eigenvalue weighted by Crippen LogP contribution is -2.40. The first-order valence-corrected chi connectivity index (χ1v) is 4.65. The van der Waals surface area contributed by atoms with E-state index in [1.54, 1.807) is 0 Å². The topological polar surface area (TPSA) is 104 Å². The molecular formula is C10H13NO5. The Morgan fingerprint density at radius 2 is 1.94 bits per heavy atom. The Hall–Kier alpha value is -2.03. The molecule has 1 atom stereocenters. The van der Waals surface area contributed by atoms with Gasteiger partial charge in [0, 0.05) is 6.42 Å². The van der Waals surface area contributed by atoms with E-state index in [1.165, 1.54) is 6.92 Å². The molecule has 0 spiro atoms. The minimum Gasteiger partial charge on any atom is -0.481 e. The molecule has 0 rings (SSSR count). The SMILES string of the molecule is CC#CC(=O)N[C@H](CCCC(=O)O)C(=O)O. The number of carbonyl (C=O) groups is 3. The van der Waals surface area contributed by atoms with Gasteiger partial charge in [0.1, 0.15) is 6.04 Å². The number of amides is 1. The van der Waals surface area contributed by atoms with Crippen molar-refractivity contribution in [2.45, 2.75) is 32.2 Å². The summed E-state index contributed by atoms with van der Waals surface area (Å²) in [6.45, 7) is 1.46. The fourth-order valence-corrected chi connectivity index (χ4v) is 1.02. The van der Waals surface area contributed by atoms with Gasteiger partial charge in [-0.1, -0.05) is 5.92 Å². The van der Waals surface area contributed by atoms with E-state index in [0.717, 1.165) is 0 Å². The normalized spacial score (nSPS) is 10.8. The van der Waals surface area contributed by atoms with Gasteiger partial charge in [-0.2, -0.15) is 0 Å². The van der Waals surface area contributed by atoms with Crippen LogP contribution in [-0.4, -0.2) is 34.1 Å². The molecule has 0 unspecified atom stereocenters. The molecule has 0 bridgehead atoms. The fraction of sp³-hybridized carbons (Fsp3) is 0.500. The predicted molar refractivity (Wildman–Crippen MR) is 54.5 cm³/mol. The molecule has 0 aliphatic heterocycles. The van der Waals surface area contributed by atoms with Crippen molar-refractivity contribution in [3.05, 3.63) is 0 Å². The van der Waals surface area contributed by atoms with Crippen LogP contribution in [0.4, 0.5) is 0 Å². The third-order valence-electron chi connectivity index (χ3n) is 1.73. The molecule has 1 amide bonds.